The number of aromatic nitrogens is 1. The number of thiocarbonyl (C=S) groups is 1. The summed E-state index contributed by atoms with van der Waals surface area (Å²) in [5.74, 6) is -1.35. The molecule has 3 N–H and O–H groups in total. The smallest absolute Gasteiger partial charge is 0.149 e. The molecule has 0 atom stereocenters. The third-order valence-electron chi connectivity index (χ3n) is 2.25. The number of hydrogen-bond acceptors (Lipinski definition) is 3. The van der Waals surface area contributed by atoms with Gasteiger partial charge in [0.05, 0.1) is 17.6 Å². The number of hydrogen-bond donors (Lipinski definition) is 2. The van der Waals surface area contributed by atoms with Crippen molar-refractivity contribution in [2.75, 3.05) is 5.32 Å². The van der Waals surface area contributed by atoms with Crippen molar-refractivity contribution in [2.45, 2.75) is 0 Å². The van der Waals surface area contributed by atoms with Gasteiger partial charge in [0.25, 0.3) is 0 Å². The molecule has 0 saturated carbocycles. The van der Waals surface area contributed by atoms with E-state index in [0.717, 1.165) is 0 Å². The van der Waals surface area contributed by atoms with Crippen LogP contribution in [0.2, 0.25) is 0 Å². The molecule has 2 rings (SSSR count). The van der Waals surface area contributed by atoms with E-state index in [1.807, 2.05) is 0 Å². The highest BCUT2D eigenvalue weighted by molar-refractivity contribution is 7.80. The fraction of sp³-hybridized carbons (Fsp3) is 0. The van der Waals surface area contributed by atoms with Crippen molar-refractivity contribution in [1.82, 2.24) is 4.98 Å². The number of nitrogens with two attached hydrogens (primary N) is 1. The van der Waals surface area contributed by atoms with E-state index in [1.165, 1.54) is 24.4 Å². The van der Waals surface area contributed by atoms with Crippen molar-refractivity contribution in [3.8, 4) is 0 Å². The number of nitrogens with zero attached hydrogens (tertiary/aromatic N) is 1. The third-order valence-corrected chi connectivity index (χ3v) is 2.46. The maximum absolute atomic E-state index is 13.4. The van der Waals surface area contributed by atoms with Gasteiger partial charge >= 0.3 is 0 Å². The molecule has 0 radical (unpaired) electrons. The molecule has 0 fully saturated rings. The molecule has 0 aliphatic heterocycles. The summed E-state index contributed by atoms with van der Waals surface area (Å²) in [7, 11) is 0. The van der Waals surface area contributed by atoms with Crippen LogP contribution < -0.4 is 11.1 Å². The fourth-order valence-electron chi connectivity index (χ4n) is 1.38. The summed E-state index contributed by atoms with van der Waals surface area (Å²) in [4.78, 5) is 4.13. The molecule has 0 saturated heterocycles. The average molecular weight is 265 g/mol. The van der Waals surface area contributed by atoms with E-state index in [1.54, 1.807) is 12.1 Å². The van der Waals surface area contributed by atoms with Crippen molar-refractivity contribution >= 4 is 28.6 Å². The van der Waals surface area contributed by atoms with Gasteiger partial charge in [-0.05, 0) is 24.3 Å². The molecule has 0 unspecified atom stereocenters. The summed E-state index contributed by atoms with van der Waals surface area (Å²) in [5.41, 5.74) is 6.07. The Hall–Kier alpha value is -2.08. The number of para-hydroxylation sites is 1. The van der Waals surface area contributed by atoms with Crippen LogP contribution in [0.4, 0.5) is 20.2 Å². The molecule has 1 heterocycles. The first kappa shape index (κ1) is 12.4. The summed E-state index contributed by atoms with van der Waals surface area (Å²) in [6.45, 7) is 0. The Morgan fingerprint density at radius 2 is 1.83 bits per heavy atom. The summed E-state index contributed by atoms with van der Waals surface area (Å²) < 4.78 is 26.8. The van der Waals surface area contributed by atoms with Crippen LogP contribution in [0.25, 0.3) is 0 Å². The van der Waals surface area contributed by atoms with Crippen LogP contribution in [-0.2, 0) is 0 Å². The van der Waals surface area contributed by atoms with Gasteiger partial charge in [0.1, 0.15) is 22.3 Å². The molecule has 1 aromatic carbocycles. The van der Waals surface area contributed by atoms with Crippen molar-refractivity contribution in [3.63, 3.8) is 0 Å². The second kappa shape index (κ2) is 5.05. The topological polar surface area (TPSA) is 50.9 Å². The Bertz CT molecular complexity index is 564. The molecule has 3 nitrogen and oxygen atoms in total. The van der Waals surface area contributed by atoms with E-state index in [9.17, 15) is 8.78 Å². The molecule has 18 heavy (non-hydrogen) atoms. The van der Waals surface area contributed by atoms with Crippen molar-refractivity contribution in [1.29, 1.82) is 0 Å². The zero-order valence-electron chi connectivity index (χ0n) is 9.15. The standard InChI is InChI=1S/C12H9F2N3S/c13-8-2-1-3-9(14)11(8)17-7-4-5-10(12(15)18)16-6-7/h1-6,17H,(H2,15,18). The van der Waals surface area contributed by atoms with Gasteiger partial charge in [0.2, 0.25) is 0 Å². The van der Waals surface area contributed by atoms with E-state index in [0.29, 0.717) is 11.4 Å². The summed E-state index contributed by atoms with van der Waals surface area (Å²) in [6.07, 6.45) is 1.40. The van der Waals surface area contributed by atoms with Gasteiger partial charge in [-0.25, -0.2) is 8.78 Å². The molecule has 0 spiro atoms. The fourth-order valence-corrected chi connectivity index (χ4v) is 1.50. The molecule has 0 amide bonds. The third kappa shape index (κ3) is 2.60. The molecule has 6 heteroatoms. The Balaban J connectivity index is 2.26. The van der Waals surface area contributed by atoms with Crippen LogP contribution in [0, 0.1) is 11.6 Å². The largest absolute Gasteiger partial charge is 0.388 e. The first-order valence-corrected chi connectivity index (χ1v) is 5.45. The van der Waals surface area contributed by atoms with Gasteiger partial charge in [-0.2, -0.15) is 0 Å². The molecule has 2 aromatic rings. The predicted molar refractivity (Wildman–Crippen MR) is 69.8 cm³/mol. The summed E-state index contributed by atoms with van der Waals surface area (Å²) >= 11 is 4.75. The highest BCUT2D eigenvalue weighted by Crippen LogP contribution is 2.22. The number of anilines is 2. The lowest BCUT2D eigenvalue weighted by Gasteiger charge is -2.08. The Labute approximate surface area is 108 Å². The highest BCUT2D eigenvalue weighted by atomic mass is 32.1. The minimum absolute atomic E-state index is 0.165. The molecule has 0 aliphatic carbocycles. The molecule has 0 bridgehead atoms. The van der Waals surface area contributed by atoms with Crippen LogP contribution in [0.1, 0.15) is 5.69 Å². The monoisotopic (exact) mass is 265 g/mol. The lowest BCUT2D eigenvalue weighted by atomic mass is 10.2. The van der Waals surface area contributed by atoms with Gasteiger partial charge in [0, 0.05) is 0 Å². The van der Waals surface area contributed by atoms with Crippen LogP contribution in [0.5, 0.6) is 0 Å². The number of nitrogens with one attached hydrogen (secondary N) is 1. The van der Waals surface area contributed by atoms with Crippen molar-refractivity contribution in [3.05, 3.63) is 53.9 Å². The molecule has 0 aliphatic rings. The first-order chi connectivity index (χ1) is 8.58. The molecular weight excluding hydrogens is 256 g/mol. The van der Waals surface area contributed by atoms with Crippen LogP contribution in [0.3, 0.4) is 0 Å². The van der Waals surface area contributed by atoms with E-state index < -0.39 is 11.6 Å². The maximum Gasteiger partial charge on any atom is 0.149 e. The normalized spacial score (nSPS) is 10.1. The van der Waals surface area contributed by atoms with E-state index in [-0.39, 0.29) is 10.7 Å². The van der Waals surface area contributed by atoms with Crippen LogP contribution in [0.15, 0.2) is 36.5 Å². The first-order valence-electron chi connectivity index (χ1n) is 5.05. The number of benzene rings is 1. The van der Waals surface area contributed by atoms with Crippen molar-refractivity contribution in [2.24, 2.45) is 5.73 Å². The van der Waals surface area contributed by atoms with E-state index >= 15 is 0 Å². The molecular formula is C12H9F2N3S. The lowest BCUT2D eigenvalue weighted by Crippen LogP contribution is -2.11. The van der Waals surface area contributed by atoms with Crippen LogP contribution in [-0.4, -0.2) is 9.97 Å². The summed E-state index contributed by atoms with van der Waals surface area (Å²) in [6, 6.07) is 6.80. The lowest BCUT2D eigenvalue weighted by molar-refractivity contribution is 0.591. The highest BCUT2D eigenvalue weighted by Gasteiger charge is 2.08. The van der Waals surface area contributed by atoms with Gasteiger partial charge < -0.3 is 11.1 Å². The Kier molecular flexibility index (Phi) is 3.47. The number of rotatable bonds is 3. The zero-order chi connectivity index (χ0) is 13.1. The number of pyridine rings is 1. The SMILES string of the molecule is NC(=S)c1ccc(Nc2c(F)cccc2F)cn1. The van der Waals surface area contributed by atoms with Crippen molar-refractivity contribution < 1.29 is 8.78 Å². The minimum Gasteiger partial charge on any atom is -0.388 e. The maximum atomic E-state index is 13.4. The molecule has 92 valence electrons. The van der Waals surface area contributed by atoms with Crippen LogP contribution >= 0.6 is 12.2 Å². The second-order valence-electron chi connectivity index (χ2n) is 3.52. The van der Waals surface area contributed by atoms with E-state index in [2.05, 4.69) is 10.3 Å². The second-order valence-corrected chi connectivity index (χ2v) is 3.96. The Morgan fingerprint density at radius 1 is 1.17 bits per heavy atom. The van der Waals surface area contributed by atoms with Gasteiger partial charge in [-0.3, -0.25) is 4.98 Å². The van der Waals surface area contributed by atoms with Gasteiger partial charge in [-0.1, -0.05) is 18.3 Å². The van der Waals surface area contributed by atoms with E-state index in [4.69, 9.17) is 18.0 Å². The van der Waals surface area contributed by atoms with Gasteiger partial charge in [-0.15, -0.1) is 0 Å². The predicted octanol–water partition coefficient (Wildman–Crippen LogP) is 2.74. The zero-order valence-corrected chi connectivity index (χ0v) is 9.97. The quantitative estimate of drug-likeness (QED) is 0.838. The Morgan fingerprint density at radius 3 is 2.33 bits per heavy atom. The molecule has 1 aromatic heterocycles. The van der Waals surface area contributed by atoms with Gasteiger partial charge in [0.15, 0.2) is 0 Å². The average Bonchev–Trinajstić information content (AvgIpc) is 2.34. The summed E-state index contributed by atoms with van der Waals surface area (Å²) in [5, 5.41) is 2.61. The minimum atomic E-state index is -0.673. The number of halogens is 2.